The van der Waals surface area contributed by atoms with Gasteiger partial charge in [0.05, 0.1) is 6.17 Å². The lowest BCUT2D eigenvalue weighted by atomic mass is 9.77. The number of alkyl halides is 1. The molecule has 0 saturated carbocycles. The van der Waals surface area contributed by atoms with Crippen LogP contribution in [-0.2, 0) is 0 Å². The van der Waals surface area contributed by atoms with E-state index in [9.17, 15) is 0 Å². The van der Waals surface area contributed by atoms with Gasteiger partial charge in [-0.3, -0.25) is 0 Å². The number of rotatable bonds is 6. The van der Waals surface area contributed by atoms with Crippen LogP contribution in [0.3, 0.4) is 0 Å². The van der Waals surface area contributed by atoms with E-state index in [1.165, 1.54) is 5.57 Å². The molecule has 0 aliphatic carbocycles. The summed E-state index contributed by atoms with van der Waals surface area (Å²) < 4.78 is 0. The SMILES string of the molecule is CCCC(Cl)C1C(NC)NC=C(C(C)NC)[C@H]1C. The summed E-state index contributed by atoms with van der Waals surface area (Å²) in [6.07, 6.45) is 4.62. The highest BCUT2D eigenvalue weighted by Crippen LogP contribution is 2.34. The van der Waals surface area contributed by atoms with Crippen molar-refractivity contribution in [2.75, 3.05) is 14.1 Å². The Morgan fingerprint density at radius 1 is 1.44 bits per heavy atom. The molecule has 0 aromatic heterocycles. The van der Waals surface area contributed by atoms with Gasteiger partial charge in [-0.05, 0) is 45.1 Å². The number of hydrogen-bond donors (Lipinski definition) is 3. The zero-order chi connectivity index (χ0) is 13.7. The molecule has 0 fully saturated rings. The number of nitrogens with one attached hydrogen (secondary N) is 3. The lowest BCUT2D eigenvalue weighted by Crippen LogP contribution is -2.54. The van der Waals surface area contributed by atoms with E-state index in [1.807, 2.05) is 14.1 Å². The van der Waals surface area contributed by atoms with Crippen LogP contribution in [0.5, 0.6) is 0 Å². The maximum atomic E-state index is 6.61. The Labute approximate surface area is 117 Å². The van der Waals surface area contributed by atoms with E-state index in [-0.39, 0.29) is 11.5 Å². The van der Waals surface area contributed by atoms with E-state index in [4.69, 9.17) is 11.6 Å². The van der Waals surface area contributed by atoms with E-state index in [0.29, 0.717) is 17.9 Å². The Hall–Kier alpha value is -0.250. The molecule has 0 amide bonds. The van der Waals surface area contributed by atoms with Crippen molar-refractivity contribution in [3.05, 3.63) is 11.8 Å². The molecule has 106 valence electrons. The van der Waals surface area contributed by atoms with Crippen LogP contribution >= 0.6 is 11.6 Å². The summed E-state index contributed by atoms with van der Waals surface area (Å²) in [4.78, 5) is 0. The molecule has 0 saturated heterocycles. The van der Waals surface area contributed by atoms with Crippen molar-refractivity contribution in [1.29, 1.82) is 0 Å². The summed E-state index contributed by atoms with van der Waals surface area (Å²) in [7, 11) is 3.99. The third-order valence-electron chi connectivity index (χ3n) is 4.14. The van der Waals surface area contributed by atoms with Crippen LogP contribution in [0.2, 0.25) is 0 Å². The van der Waals surface area contributed by atoms with Crippen molar-refractivity contribution in [2.24, 2.45) is 11.8 Å². The summed E-state index contributed by atoms with van der Waals surface area (Å²) in [5.41, 5.74) is 1.41. The maximum Gasteiger partial charge on any atom is 0.0809 e. The molecule has 3 nitrogen and oxygen atoms in total. The summed E-state index contributed by atoms with van der Waals surface area (Å²) in [6, 6.07) is 0.387. The number of hydrogen-bond acceptors (Lipinski definition) is 3. The molecule has 5 atom stereocenters. The second-order valence-electron chi connectivity index (χ2n) is 5.26. The lowest BCUT2D eigenvalue weighted by Gasteiger charge is -2.41. The van der Waals surface area contributed by atoms with Crippen LogP contribution in [0, 0.1) is 11.8 Å². The highest BCUT2D eigenvalue weighted by molar-refractivity contribution is 6.20. The van der Waals surface area contributed by atoms with E-state index in [1.54, 1.807) is 0 Å². The highest BCUT2D eigenvalue weighted by atomic mass is 35.5. The summed E-state index contributed by atoms with van der Waals surface area (Å²) >= 11 is 6.61. The number of halogens is 1. The first kappa shape index (κ1) is 15.8. The fourth-order valence-corrected chi connectivity index (χ4v) is 3.47. The molecule has 0 bridgehead atoms. The molecular formula is C14H28ClN3. The Bertz CT molecular complexity index is 280. The minimum Gasteiger partial charge on any atom is -0.375 e. The maximum absolute atomic E-state index is 6.61. The van der Waals surface area contributed by atoms with Gasteiger partial charge >= 0.3 is 0 Å². The smallest absolute Gasteiger partial charge is 0.0809 e. The molecule has 1 aliphatic rings. The Kier molecular flexibility index (Phi) is 6.47. The van der Waals surface area contributed by atoms with Crippen LogP contribution < -0.4 is 16.0 Å². The van der Waals surface area contributed by atoms with Crippen LogP contribution in [0.4, 0.5) is 0 Å². The van der Waals surface area contributed by atoms with Gasteiger partial charge in [-0.15, -0.1) is 11.6 Å². The summed E-state index contributed by atoms with van der Waals surface area (Å²) in [5.74, 6) is 0.910. The van der Waals surface area contributed by atoms with E-state index < -0.39 is 0 Å². The molecule has 4 heteroatoms. The second kappa shape index (κ2) is 7.37. The third kappa shape index (κ3) is 3.40. The summed E-state index contributed by atoms with van der Waals surface area (Å²) in [6.45, 7) is 6.68. The van der Waals surface area contributed by atoms with Crippen molar-refractivity contribution < 1.29 is 0 Å². The molecule has 1 rings (SSSR count). The quantitative estimate of drug-likeness (QED) is 0.650. The van der Waals surface area contributed by atoms with Gasteiger partial charge in [-0.1, -0.05) is 20.3 Å². The average molecular weight is 274 g/mol. The summed E-state index contributed by atoms with van der Waals surface area (Å²) in [5, 5.41) is 10.3. The zero-order valence-corrected chi connectivity index (χ0v) is 13.0. The first-order valence-electron chi connectivity index (χ1n) is 7.01. The van der Waals surface area contributed by atoms with Gasteiger partial charge in [0.2, 0.25) is 0 Å². The van der Waals surface area contributed by atoms with Gasteiger partial charge in [0.15, 0.2) is 0 Å². The number of likely N-dealkylation sites (N-methyl/N-ethyl adjacent to an activating group) is 1. The van der Waals surface area contributed by atoms with Gasteiger partial charge < -0.3 is 16.0 Å². The molecule has 0 aromatic carbocycles. The Morgan fingerprint density at radius 2 is 2.11 bits per heavy atom. The van der Waals surface area contributed by atoms with Crippen molar-refractivity contribution in [1.82, 2.24) is 16.0 Å². The van der Waals surface area contributed by atoms with Crippen molar-refractivity contribution in [3.8, 4) is 0 Å². The molecule has 18 heavy (non-hydrogen) atoms. The normalized spacial score (nSPS) is 31.4. The van der Waals surface area contributed by atoms with E-state index >= 15 is 0 Å². The van der Waals surface area contributed by atoms with Crippen LogP contribution in [0.15, 0.2) is 11.8 Å². The molecule has 3 N–H and O–H groups in total. The predicted molar refractivity (Wildman–Crippen MR) is 79.8 cm³/mol. The molecular weight excluding hydrogens is 246 g/mol. The molecule has 1 heterocycles. The van der Waals surface area contributed by atoms with Crippen molar-refractivity contribution in [3.63, 3.8) is 0 Å². The fraction of sp³-hybridized carbons (Fsp3) is 0.857. The highest BCUT2D eigenvalue weighted by Gasteiger charge is 2.37. The predicted octanol–water partition coefficient (Wildman–Crippen LogP) is 2.29. The van der Waals surface area contributed by atoms with Gasteiger partial charge in [-0.2, -0.15) is 0 Å². The standard InChI is InChI=1S/C14H28ClN3/c1-6-7-12(15)13-9(2)11(10(3)16-4)8-18-14(13)17-5/h8-10,12-14,16-18H,6-7H2,1-5H3/t9-,10?,12?,13?,14?/m1/s1. The van der Waals surface area contributed by atoms with Crippen LogP contribution in [0.25, 0.3) is 0 Å². The largest absolute Gasteiger partial charge is 0.375 e. The minimum absolute atomic E-state index is 0.211. The monoisotopic (exact) mass is 273 g/mol. The second-order valence-corrected chi connectivity index (χ2v) is 5.82. The first-order valence-corrected chi connectivity index (χ1v) is 7.45. The molecule has 4 unspecified atom stereocenters. The molecule has 1 aliphatic heterocycles. The molecule has 0 aromatic rings. The molecule has 0 radical (unpaired) electrons. The topological polar surface area (TPSA) is 36.1 Å². The van der Waals surface area contributed by atoms with E-state index in [2.05, 4.69) is 42.9 Å². The zero-order valence-electron chi connectivity index (χ0n) is 12.3. The van der Waals surface area contributed by atoms with Gasteiger partial charge in [0.25, 0.3) is 0 Å². The fourth-order valence-electron chi connectivity index (χ4n) is 2.89. The van der Waals surface area contributed by atoms with E-state index in [0.717, 1.165) is 12.8 Å². The van der Waals surface area contributed by atoms with Gasteiger partial charge in [0.1, 0.15) is 0 Å². The lowest BCUT2D eigenvalue weighted by molar-refractivity contribution is 0.234. The van der Waals surface area contributed by atoms with Crippen molar-refractivity contribution in [2.45, 2.75) is 51.2 Å². The van der Waals surface area contributed by atoms with Crippen molar-refractivity contribution >= 4 is 11.6 Å². The van der Waals surface area contributed by atoms with Gasteiger partial charge in [-0.25, -0.2) is 0 Å². The van der Waals surface area contributed by atoms with Gasteiger partial charge in [0, 0.05) is 17.3 Å². The Balaban J connectivity index is 2.88. The average Bonchev–Trinajstić information content (AvgIpc) is 2.37. The third-order valence-corrected chi connectivity index (χ3v) is 4.65. The first-order chi connectivity index (χ1) is 8.56. The Morgan fingerprint density at radius 3 is 2.61 bits per heavy atom. The minimum atomic E-state index is 0.211. The van der Waals surface area contributed by atoms with Crippen LogP contribution in [0.1, 0.15) is 33.6 Å². The van der Waals surface area contributed by atoms with Crippen LogP contribution in [-0.4, -0.2) is 31.7 Å². The molecule has 0 spiro atoms.